The van der Waals surface area contributed by atoms with Crippen LogP contribution in [0.1, 0.15) is 19.7 Å². The summed E-state index contributed by atoms with van der Waals surface area (Å²) in [5, 5.41) is 6.23. The number of rotatable bonds is 7. The van der Waals surface area contributed by atoms with E-state index < -0.39 is 0 Å². The van der Waals surface area contributed by atoms with E-state index in [1.54, 1.807) is 4.90 Å². The van der Waals surface area contributed by atoms with Gasteiger partial charge in [-0.1, -0.05) is 65.8 Å². The Bertz CT molecular complexity index is 1140. The van der Waals surface area contributed by atoms with E-state index in [4.69, 9.17) is 9.26 Å². The fourth-order valence-corrected chi connectivity index (χ4v) is 3.21. The molecular weight excluding hydrogens is 378 g/mol. The fourth-order valence-electron chi connectivity index (χ4n) is 3.21. The Hall–Kier alpha value is -3.67. The van der Waals surface area contributed by atoms with Crippen LogP contribution < -0.4 is 4.74 Å². The van der Waals surface area contributed by atoms with Gasteiger partial charge in [-0.25, -0.2) is 0 Å². The molecule has 4 aromatic rings. The SMILES string of the molecule is CC(C)N(Cc1nc(-c2ccccc2)no1)C(=O)COc1ccc2ccccc2c1. The lowest BCUT2D eigenvalue weighted by Crippen LogP contribution is -2.39. The van der Waals surface area contributed by atoms with E-state index >= 15 is 0 Å². The largest absolute Gasteiger partial charge is 0.484 e. The summed E-state index contributed by atoms with van der Waals surface area (Å²) in [5.41, 5.74) is 0.870. The molecule has 30 heavy (non-hydrogen) atoms. The van der Waals surface area contributed by atoms with Gasteiger partial charge in [0.2, 0.25) is 11.7 Å². The van der Waals surface area contributed by atoms with Crippen molar-refractivity contribution in [2.45, 2.75) is 26.4 Å². The number of aromatic nitrogens is 2. The quantitative estimate of drug-likeness (QED) is 0.449. The smallest absolute Gasteiger partial charge is 0.261 e. The minimum absolute atomic E-state index is 0.0372. The molecule has 0 atom stereocenters. The normalized spacial score (nSPS) is 11.0. The lowest BCUT2D eigenvalue weighted by molar-refractivity contribution is -0.136. The van der Waals surface area contributed by atoms with Crippen LogP contribution in [0.3, 0.4) is 0 Å². The highest BCUT2D eigenvalue weighted by Gasteiger charge is 2.21. The first-order chi connectivity index (χ1) is 14.6. The molecule has 1 amide bonds. The van der Waals surface area contributed by atoms with Crippen LogP contribution in [0.25, 0.3) is 22.2 Å². The van der Waals surface area contributed by atoms with Gasteiger partial charge in [-0.15, -0.1) is 0 Å². The number of carbonyl (C=O) groups excluding carboxylic acids is 1. The highest BCUT2D eigenvalue weighted by molar-refractivity contribution is 5.84. The Morgan fingerprint density at radius 2 is 1.73 bits per heavy atom. The van der Waals surface area contributed by atoms with Crippen LogP contribution in [-0.2, 0) is 11.3 Å². The zero-order valence-corrected chi connectivity index (χ0v) is 17.0. The van der Waals surface area contributed by atoms with Crippen LogP contribution in [0.2, 0.25) is 0 Å². The number of ether oxygens (including phenoxy) is 1. The highest BCUT2D eigenvalue weighted by atomic mass is 16.5. The Labute approximate surface area is 175 Å². The van der Waals surface area contributed by atoms with Gasteiger partial charge in [0.15, 0.2) is 6.61 Å². The van der Waals surface area contributed by atoms with Crippen molar-refractivity contribution in [1.82, 2.24) is 15.0 Å². The minimum Gasteiger partial charge on any atom is -0.484 e. The number of nitrogens with zero attached hydrogens (tertiary/aromatic N) is 3. The highest BCUT2D eigenvalue weighted by Crippen LogP contribution is 2.21. The molecule has 0 radical (unpaired) electrons. The summed E-state index contributed by atoms with van der Waals surface area (Å²) in [6, 6.07) is 23.4. The van der Waals surface area contributed by atoms with Crippen molar-refractivity contribution < 1.29 is 14.1 Å². The van der Waals surface area contributed by atoms with Gasteiger partial charge < -0.3 is 14.2 Å². The van der Waals surface area contributed by atoms with Crippen LogP contribution in [0.5, 0.6) is 5.75 Å². The predicted molar refractivity (Wildman–Crippen MR) is 115 cm³/mol. The molecule has 0 N–H and O–H groups in total. The second kappa shape index (κ2) is 8.78. The molecule has 1 aromatic heterocycles. The molecule has 0 aliphatic rings. The first-order valence-electron chi connectivity index (χ1n) is 9.89. The average molecular weight is 401 g/mol. The molecule has 0 saturated heterocycles. The lowest BCUT2D eigenvalue weighted by atomic mass is 10.1. The molecule has 0 unspecified atom stereocenters. The standard InChI is InChI=1S/C24H23N3O3/c1-17(2)27(15-22-25-24(26-30-22)19-9-4-3-5-10-19)23(28)16-29-21-13-12-18-8-6-7-11-20(18)14-21/h3-14,17H,15-16H2,1-2H3. The van der Waals surface area contributed by atoms with Gasteiger partial charge in [-0.2, -0.15) is 4.98 Å². The maximum absolute atomic E-state index is 12.8. The van der Waals surface area contributed by atoms with Crippen molar-refractivity contribution in [2.75, 3.05) is 6.61 Å². The van der Waals surface area contributed by atoms with E-state index in [0.29, 0.717) is 17.5 Å². The van der Waals surface area contributed by atoms with Crippen molar-refractivity contribution in [3.05, 3.63) is 78.7 Å². The number of hydrogen-bond acceptors (Lipinski definition) is 5. The van der Waals surface area contributed by atoms with Crippen molar-refractivity contribution in [2.24, 2.45) is 0 Å². The number of amides is 1. The molecule has 0 aliphatic carbocycles. The van der Waals surface area contributed by atoms with Crippen LogP contribution in [0, 0.1) is 0 Å². The number of hydrogen-bond donors (Lipinski definition) is 0. The van der Waals surface area contributed by atoms with Crippen LogP contribution in [0.4, 0.5) is 0 Å². The molecular formula is C24H23N3O3. The predicted octanol–water partition coefficient (Wildman–Crippen LogP) is 4.71. The van der Waals surface area contributed by atoms with Gasteiger partial charge in [0.25, 0.3) is 5.91 Å². The zero-order chi connectivity index (χ0) is 20.9. The molecule has 6 heteroatoms. The van der Waals surface area contributed by atoms with Gasteiger partial charge in [0.05, 0.1) is 0 Å². The number of benzene rings is 3. The van der Waals surface area contributed by atoms with E-state index in [2.05, 4.69) is 10.1 Å². The molecule has 0 saturated carbocycles. The van der Waals surface area contributed by atoms with Gasteiger partial charge in [-0.05, 0) is 36.8 Å². The maximum Gasteiger partial charge on any atom is 0.261 e. The molecule has 0 fully saturated rings. The molecule has 1 heterocycles. The Morgan fingerprint density at radius 3 is 2.50 bits per heavy atom. The van der Waals surface area contributed by atoms with Crippen molar-refractivity contribution in [3.63, 3.8) is 0 Å². The molecule has 0 bridgehead atoms. The molecule has 152 valence electrons. The van der Waals surface area contributed by atoms with E-state index in [0.717, 1.165) is 16.3 Å². The number of fused-ring (bicyclic) bond motifs is 1. The third-order valence-electron chi connectivity index (χ3n) is 4.83. The fraction of sp³-hybridized carbons (Fsp3) is 0.208. The third-order valence-corrected chi connectivity index (χ3v) is 4.83. The van der Waals surface area contributed by atoms with Gasteiger partial charge in [0, 0.05) is 11.6 Å². The van der Waals surface area contributed by atoms with E-state index in [-0.39, 0.29) is 25.1 Å². The summed E-state index contributed by atoms with van der Waals surface area (Å²) in [7, 11) is 0. The summed E-state index contributed by atoms with van der Waals surface area (Å²) in [6.07, 6.45) is 0. The summed E-state index contributed by atoms with van der Waals surface area (Å²) < 4.78 is 11.1. The maximum atomic E-state index is 12.8. The monoisotopic (exact) mass is 401 g/mol. The zero-order valence-electron chi connectivity index (χ0n) is 17.0. The summed E-state index contributed by atoms with van der Waals surface area (Å²) >= 11 is 0. The summed E-state index contributed by atoms with van der Waals surface area (Å²) in [4.78, 5) is 18.9. The first kappa shape index (κ1) is 19.6. The topological polar surface area (TPSA) is 68.5 Å². The second-order valence-electron chi connectivity index (χ2n) is 7.29. The summed E-state index contributed by atoms with van der Waals surface area (Å²) in [5.74, 6) is 1.42. The Balaban J connectivity index is 1.42. The first-order valence-corrected chi connectivity index (χ1v) is 9.89. The molecule has 0 spiro atoms. The van der Waals surface area contributed by atoms with Crippen molar-refractivity contribution in [1.29, 1.82) is 0 Å². The minimum atomic E-state index is -0.141. The van der Waals surface area contributed by atoms with E-state index in [9.17, 15) is 4.79 Å². The second-order valence-corrected chi connectivity index (χ2v) is 7.29. The van der Waals surface area contributed by atoms with E-state index in [1.807, 2.05) is 86.6 Å². The lowest BCUT2D eigenvalue weighted by Gasteiger charge is -2.25. The van der Waals surface area contributed by atoms with Gasteiger partial charge in [0.1, 0.15) is 12.3 Å². The van der Waals surface area contributed by atoms with Crippen molar-refractivity contribution >= 4 is 16.7 Å². The van der Waals surface area contributed by atoms with Gasteiger partial charge in [-0.3, -0.25) is 4.79 Å². The van der Waals surface area contributed by atoms with E-state index in [1.165, 1.54) is 0 Å². The van der Waals surface area contributed by atoms with Crippen LogP contribution >= 0.6 is 0 Å². The average Bonchev–Trinajstić information content (AvgIpc) is 3.25. The summed E-state index contributed by atoms with van der Waals surface area (Å²) in [6.45, 7) is 4.07. The molecule has 0 aliphatic heterocycles. The third kappa shape index (κ3) is 4.49. The van der Waals surface area contributed by atoms with Crippen LogP contribution in [-0.4, -0.2) is 33.6 Å². The van der Waals surface area contributed by atoms with Gasteiger partial charge >= 0.3 is 0 Å². The Morgan fingerprint density at radius 1 is 1.00 bits per heavy atom. The Kier molecular flexibility index (Phi) is 5.75. The molecule has 6 nitrogen and oxygen atoms in total. The van der Waals surface area contributed by atoms with Crippen LogP contribution in [0.15, 0.2) is 77.3 Å². The molecule has 3 aromatic carbocycles. The van der Waals surface area contributed by atoms with Crippen molar-refractivity contribution in [3.8, 4) is 17.1 Å². The molecule has 4 rings (SSSR count). The number of carbonyl (C=O) groups is 1.